The maximum absolute atomic E-state index is 12.6. The summed E-state index contributed by atoms with van der Waals surface area (Å²) >= 11 is 0. The van der Waals surface area contributed by atoms with Crippen molar-refractivity contribution < 1.29 is 14.7 Å². The lowest BCUT2D eigenvalue weighted by Crippen LogP contribution is -2.35. The van der Waals surface area contributed by atoms with Crippen LogP contribution in [0.5, 0.6) is 0 Å². The van der Waals surface area contributed by atoms with E-state index in [1.54, 1.807) is 31.0 Å². The Morgan fingerprint density at radius 3 is 2.22 bits per heavy atom. The van der Waals surface area contributed by atoms with E-state index in [1.165, 1.54) is 0 Å². The van der Waals surface area contributed by atoms with Crippen LogP contribution in [0.4, 0.5) is 5.69 Å². The first-order chi connectivity index (χ1) is 12.7. The number of rotatable bonds is 6. The molecule has 0 fully saturated rings. The molecule has 2 rings (SSSR count). The Labute approximate surface area is 161 Å². The summed E-state index contributed by atoms with van der Waals surface area (Å²) in [6, 6.07) is 13.1. The molecule has 27 heavy (non-hydrogen) atoms. The quantitative estimate of drug-likeness (QED) is 0.821. The molecule has 5 heteroatoms. The van der Waals surface area contributed by atoms with Crippen molar-refractivity contribution in [1.29, 1.82) is 0 Å². The van der Waals surface area contributed by atoms with Gasteiger partial charge in [-0.1, -0.05) is 43.7 Å². The van der Waals surface area contributed by atoms with Crippen molar-refractivity contribution in [2.45, 2.75) is 33.7 Å². The summed E-state index contributed by atoms with van der Waals surface area (Å²) in [6.45, 7) is 7.31. The van der Waals surface area contributed by atoms with Crippen molar-refractivity contribution in [1.82, 2.24) is 5.32 Å². The molecule has 0 aliphatic rings. The fourth-order valence-corrected chi connectivity index (χ4v) is 2.72. The molecule has 0 heterocycles. The number of hydrogen-bond acceptors (Lipinski definition) is 3. The van der Waals surface area contributed by atoms with Gasteiger partial charge in [-0.2, -0.15) is 0 Å². The first-order valence-electron chi connectivity index (χ1n) is 9.14. The van der Waals surface area contributed by atoms with Gasteiger partial charge in [-0.15, -0.1) is 0 Å². The van der Waals surface area contributed by atoms with Crippen molar-refractivity contribution in [3.63, 3.8) is 0 Å². The molecule has 0 bridgehead atoms. The van der Waals surface area contributed by atoms with Crippen LogP contribution in [-0.4, -0.2) is 36.6 Å². The van der Waals surface area contributed by atoms with Gasteiger partial charge in [0.1, 0.15) is 0 Å². The van der Waals surface area contributed by atoms with E-state index >= 15 is 0 Å². The summed E-state index contributed by atoms with van der Waals surface area (Å²) in [5.41, 5.74) is 4.09. The number of hydrogen-bond donors (Lipinski definition) is 2. The van der Waals surface area contributed by atoms with Crippen LogP contribution in [0.1, 0.15) is 36.7 Å². The smallest absolute Gasteiger partial charge is 0.251 e. The van der Waals surface area contributed by atoms with E-state index in [9.17, 15) is 14.7 Å². The van der Waals surface area contributed by atoms with E-state index in [0.29, 0.717) is 11.3 Å². The van der Waals surface area contributed by atoms with Gasteiger partial charge in [-0.05, 0) is 43.2 Å². The van der Waals surface area contributed by atoms with Crippen LogP contribution in [0.25, 0.3) is 11.1 Å². The highest BCUT2D eigenvalue weighted by atomic mass is 16.3. The third-order valence-electron chi connectivity index (χ3n) is 4.43. The average molecular weight is 368 g/mol. The molecule has 0 spiro atoms. The van der Waals surface area contributed by atoms with Gasteiger partial charge in [-0.3, -0.25) is 9.59 Å². The Morgan fingerprint density at radius 1 is 1.04 bits per heavy atom. The summed E-state index contributed by atoms with van der Waals surface area (Å²) in [4.78, 5) is 26.6. The summed E-state index contributed by atoms with van der Waals surface area (Å²) in [7, 11) is 1.72. The molecule has 2 amide bonds. The number of nitrogens with one attached hydrogen (secondary N) is 1. The second-order valence-electron chi connectivity index (χ2n) is 7.24. The molecule has 144 valence electrons. The fraction of sp³-hybridized carbons (Fsp3) is 0.364. The minimum atomic E-state index is -0.348. The lowest BCUT2D eigenvalue weighted by molar-refractivity contribution is -0.121. The normalized spacial score (nSPS) is 12.0. The van der Waals surface area contributed by atoms with Crippen LogP contribution >= 0.6 is 0 Å². The van der Waals surface area contributed by atoms with Crippen molar-refractivity contribution in [2.24, 2.45) is 5.92 Å². The van der Waals surface area contributed by atoms with Gasteiger partial charge in [0.05, 0.1) is 6.61 Å². The number of anilines is 1. The fourth-order valence-electron chi connectivity index (χ4n) is 2.72. The second kappa shape index (κ2) is 8.82. The lowest BCUT2D eigenvalue weighted by Gasteiger charge is -2.22. The highest BCUT2D eigenvalue weighted by Gasteiger charge is 2.18. The van der Waals surface area contributed by atoms with Crippen molar-refractivity contribution >= 4 is 17.5 Å². The van der Waals surface area contributed by atoms with Crippen LogP contribution in [-0.2, 0) is 4.79 Å². The number of amides is 2. The molecule has 0 saturated heterocycles. The molecule has 0 unspecified atom stereocenters. The van der Waals surface area contributed by atoms with Crippen LogP contribution in [0.2, 0.25) is 0 Å². The first kappa shape index (κ1) is 20.6. The Morgan fingerprint density at radius 2 is 1.67 bits per heavy atom. The van der Waals surface area contributed by atoms with E-state index in [-0.39, 0.29) is 30.4 Å². The molecule has 1 atom stereocenters. The lowest BCUT2D eigenvalue weighted by atomic mass is 10.00. The van der Waals surface area contributed by atoms with Crippen molar-refractivity contribution in [3.8, 4) is 11.1 Å². The zero-order chi connectivity index (χ0) is 20.1. The van der Waals surface area contributed by atoms with Crippen LogP contribution in [0, 0.1) is 12.8 Å². The topological polar surface area (TPSA) is 69.6 Å². The van der Waals surface area contributed by atoms with Gasteiger partial charge in [0.2, 0.25) is 5.91 Å². The van der Waals surface area contributed by atoms with Crippen molar-refractivity contribution in [2.75, 3.05) is 18.6 Å². The zero-order valence-electron chi connectivity index (χ0n) is 16.6. The number of benzene rings is 2. The predicted molar refractivity (Wildman–Crippen MR) is 109 cm³/mol. The maximum atomic E-state index is 12.6. The first-order valence-corrected chi connectivity index (χ1v) is 9.14. The molecular weight excluding hydrogens is 340 g/mol. The molecule has 5 nitrogen and oxygen atoms in total. The Kier molecular flexibility index (Phi) is 6.75. The Hall–Kier alpha value is -2.66. The molecule has 0 saturated carbocycles. The highest BCUT2D eigenvalue weighted by molar-refractivity contribution is 6.00. The van der Waals surface area contributed by atoms with Crippen LogP contribution in [0.3, 0.4) is 0 Å². The standard InChI is InChI=1S/C22H28N2O3/c1-14(2)22(27)24(5)20-11-18(17-8-6-15(3)7-9-17)10-19(12-20)21(26)23-16(4)13-25/h6-12,14,16,25H,13H2,1-5H3,(H,23,26)/t16-/m0/s1. The molecule has 0 aliphatic heterocycles. The number of aliphatic hydroxyl groups is 1. The molecule has 0 radical (unpaired) electrons. The number of aryl methyl sites for hydroxylation is 1. The van der Waals surface area contributed by atoms with E-state index in [4.69, 9.17) is 0 Å². The average Bonchev–Trinajstić information content (AvgIpc) is 2.66. The van der Waals surface area contributed by atoms with Gasteiger partial charge < -0.3 is 15.3 Å². The Balaban J connectivity index is 2.51. The van der Waals surface area contributed by atoms with E-state index in [2.05, 4.69) is 5.32 Å². The predicted octanol–water partition coefficient (Wildman–Crippen LogP) is 3.39. The summed E-state index contributed by atoms with van der Waals surface area (Å²) in [6.07, 6.45) is 0. The van der Waals surface area contributed by atoms with Gasteiger partial charge >= 0.3 is 0 Å². The molecule has 2 aromatic carbocycles. The monoisotopic (exact) mass is 368 g/mol. The van der Waals surface area contributed by atoms with E-state index < -0.39 is 0 Å². The van der Waals surface area contributed by atoms with E-state index in [1.807, 2.05) is 51.1 Å². The van der Waals surface area contributed by atoms with Crippen molar-refractivity contribution in [3.05, 3.63) is 53.6 Å². The van der Waals surface area contributed by atoms with E-state index in [0.717, 1.165) is 16.7 Å². The number of nitrogens with zero attached hydrogens (tertiary/aromatic N) is 1. The largest absolute Gasteiger partial charge is 0.394 e. The van der Waals surface area contributed by atoms with Gasteiger partial charge in [-0.25, -0.2) is 0 Å². The number of carbonyl (C=O) groups is 2. The summed E-state index contributed by atoms with van der Waals surface area (Å²) in [5.74, 6) is -0.451. The van der Waals surface area contributed by atoms with Gasteiger partial charge in [0.25, 0.3) is 5.91 Å². The minimum Gasteiger partial charge on any atom is -0.394 e. The zero-order valence-corrected chi connectivity index (χ0v) is 16.6. The molecule has 0 aliphatic carbocycles. The summed E-state index contributed by atoms with van der Waals surface area (Å²) in [5, 5.41) is 12.0. The Bertz CT molecular complexity index is 813. The maximum Gasteiger partial charge on any atom is 0.251 e. The summed E-state index contributed by atoms with van der Waals surface area (Å²) < 4.78 is 0. The molecule has 2 N–H and O–H groups in total. The highest BCUT2D eigenvalue weighted by Crippen LogP contribution is 2.28. The number of aliphatic hydroxyl groups excluding tert-OH is 1. The molecule has 0 aromatic heterocycles. The minimum absolute atomic E-state index is 0.0221. The molecule has 2 aromatic rings. The second-order valence-corrected chi connectivity index (χ2v) is 7.24. The third kappa shape index (κ3) is 5.17. The third-order valence-corrected chi connectivity index (χ3v) is 4.43. The molecular formula is C22H28N2O3. The van der Waals surface area contributed by atoms with Gasteiger partial charge in [0, 0.05) is 30.3 Å². The number of carbonyl (C=O) groups excluding carboxylic acids is 2. The van der Waals surface area contributed by atoms with Crippen LogP contribution in [0.15, 0.2) is 42.5 Å². The SMILES string of the molecule is Cc1ccc(-c2cc(C(=O)N[C@@H](C)CO)cc(N(C)C(=O)C(C)C)c2)cc1. The van der Waals surface area contributed by atoms with Crippen LogP contribution < -0.4 is 10.2 Å². The van der Waals surface area contributed by atoms with Gasteiger partial charge in [0.15, 0.2) is 0 Å².